The van der Waals surface area contributed by atoms with Gasteiger partial charge in [0.2, 0.25) is 11.9 Å². The van der Waals surface area contributed by atoms with Gasteiger partial charge in [-0.25, -0.2) is 0 Å². The SMILES string of the molecule is CCCNc1nc(OC)nc(N(CC(C)C)C(C)C)n1. The molecule has 0 aromatic carbocycles. The lowest BCUT2D eigenvalue weighted by molar-refractivity contribution is 0.377. The minimum atomic E-state index is 0.323. The van der Waals surface area contributed by atoms with Crippen LogP contribution in [-0.4, -0.2) is 41.2 Å². The standard InChI is InChI=1S/C14H27N5O/c1-7-8-15-12-16-13(18-14(17-12)20-6)19(11(4)5)9-10(2)3/h10-11H,7-9H2,1-6H3,(H,15,16,17,18). The molecule has 0 radical (unpaired) electrons. The third-order valence-corrected chi connectivity index (χ3v) is 2.76. The second-order valence-corrected chi connectivity index (χ2v) is 5.51. The van der Waals surface area contributed by atoms with Crippen LogP contribution in [0.2, 0.25) is 0 Å². The largest absolute Gasteiger partial charge is 0.467 e. The molecular formula is C14H27N5O. The normalized spacial score (nSPS) is 11.0. The Hall–Kier alpha value is -1.59. The molecule has 0 fully saturated rings. The van der Waals surface area contributed by atoms with Gasteiger partial charge in [-0.1, -0.05) is 20.8 Å². The van der Waals surface area contributed by atoms with Crippen molar-refractivity contribution in [2.24, 2.45) is 5.92 Å². The van der Waals surface area contributed by atoms with E-state index >= 15 is 0 Å². The third-order valence-electron chi connectivity index (χ3n) is 2.76. The summed E-state index contributed by atoms with van der Waals surface area (Å²) in [6.07, 6.45) is 1.02. The molecule has 1 rings (SSSR count). The Morgan fingerprint density at radius 3 is 2.35 bits per heavy atom. The quantitative estimate of drug-likeness (QED) is 0.790. The van der Waals surface area contributed by atoms with Crippen LogP contribution in [0.1, 0.15) is 41.0 Å². The van der Waals surface area contributed by atoms with E-state index in [1.807, 2.05) is 0 Å². The Kier molecular flexibility index (Phi) is 6.48. The zero-order chi connectivity index (χ0) is 15.1. The molecular weight excluding hydrogens is 254 g/mol. The van der Waals surface area contributed by atoms with Gasteiger partial charge in [-0.3, -0.25) is 0 Å². The molecule has 20 heavy (non-hydrogen) atoms. The summed E-state index contributed by atoms with van der Waals surface area (Å²) >= 11 is 0. The molecule has 0 bridgehead atoms. The van der Waals surface area contributed by atoms with E-state index in [4.69, 9.17) is 4.74 Å². The van der Waals surface area contributed by atoms with Crippen LogP contribution < -0.4 is 15.0 Å². The minimum absolute atomic E-state index is 0.323. The van der Waals surface area contributed by atoms with E-state index in [0.717, 1.165) is 19.5 Å². The van der Waals surface area contributed by atoms with Gasteiger partial charge in [-0.2, -0.15) is 15.0 Å². The van der Waals surface area contributed by atoms with Crippen LogP contribution >= 0.6 is 0 Å². The molecule has 0 atom stereocenters. The average Bonchev–Trinajstić information content (AvgIpc) is 2.41. The molecule has 0 aliphatic heterocycles. The van der Waals surface area contributed by atoms with Crippen molar-refractivity contribution in [2.45, 2.75) is 47.1 Å². The predicted octanol–water partition coefficient (Wildman–Crippen LogP) is 2.57. The minimum Gasteiger partial charge on any atom is -0.467 e. The molecule has 0 spiro atoms. The third kappa shape index (κ3) is 4.83. The molecule has 1 heterocycles. The summed E-state index contributed by atoms with van der Waals surface area (Å²) in [5, 5.41) is 3.19. The predicted molar refractivity (Wildman–Crippen MR) is 82.5 cm³/mol. The second-order valence-electron chi connectivity index (χ2n) is 5.51. The maximum absolute atomic E-state index is 5.18. The van der Waals surface area contributed by atoms with E-state index in [2.05, 4.69) is 59.8 Å². The van der Waals surface area contributed by atoms with E-state index in [0.29, 0.717) is 29.9 Å². The maximum Gasteiger partial charge on any atom is 0.322 e. The van der Waals surface area contributed by atoms with Crippen LogP contribution in [0.15, 0.2) is 0 Å². The monoisotopic (exact) mass is 281 g/mol. The molecule has 6 heteroatoms. The van der Waals surface area contributed by atoms with Gasteiger partial charge in [0, 0.05) is 19.1 Å². The first-order valence-electron chi connectivity index (χ1n) is 7.28. The highest BCUT2D eigenvalue weighted by Crippen LogP contribution is 2.18. The molecule has 0 saturated carbocycles. The second kappa shape index (κ2) is 7.87. The summed E-state index contributed by atoms with van der Waals surface area (Å²) < 4.78 is 5.18. The van der Waals surface area contributed by atoms with Gasteiger partial charge >= 0.3 is 6.01 Å². The topological polar surface area (TPSA) is 63.2 Å². The molecule has 0 aliphatic carbocycles. The Balaban J connectivity index is 3.05. The molecule has 0 aliphatic rings. The van der Waals surface area contributed by atoms with Gasteiger partial charge < -0.3 is 15.0 Å². The fraction of sp³-hybridized carbons (Fsp3) is 0.786. The molecule has 0 amide bonds. The number of hydrogen-bond acceptors (Lipinski definition) is 6. The van der Waals surface area contributed by atoms with Crippen LogP contribution in [0.25, 0.3) is 0 Å². The van der Waals surface area contributed by atoms with Gasteiger partial charge in [0.1, 0.15) is 0 Å². The van der Waals surface area contributed by atoms with Gasteiger partial charge in [0.15, 0.2) is 0 Å². The van der Waals surface area contributed by atoms with Crippen LogP contribution in [0.3, 0.4) is 0 Å². The number of nitrogens with zero attached hydrogens (tertiary/aromatic N) is 4. The molecule has 1 N–H and O–H groups in total. The highest BCUT2D eigenvalue weighted by Gasteiger charge is 2.17. The van der Waals surface area contributed by atoms with Crippen LogP contribution in [0, 0.1) is 5.92 Å². The Bertz CT molecular complexity index is 409. The lowest BCUT2D eigenvalue weighted by Crippen LogP contribution is -2.35. The number of ether oxygens (including phenoxy) is 1. The van der Waals surface area contributed by atoms with Crippen molar-refractivity contribution in [1.82, 2.24) is 15.0 Å². The van der Waals surface area contributed by atoms with E-state index in [1.165, 1.54) is 0 Å². The number of rotatable bonds is 8. The van der Waals surface area contributed by atoms with Crippen molar-refractivity contribution in [3.05, 3.63) is 0 Å². The number of anilines is 2. The average molecular weight is 281 g/mol. The lowest BCUT2D eigenvalue weighted by atomic mass is 10.2. The fourth-order valence-corrected chi connectivity index (χ4v) is 1.80. The summed E-state index contributed by atoms with van der Waals surface area (Å²) in [4.78, 5) is 15.3. The number of aromatic nitrogens is 3. The van der Waals surface area contributed by atoms with Gasteiger partial charge in [-0.05, 0) is 26.2 Å². The van der Waals surface area contributed by atoms with E-state index in [-0.39, 0.29) is 0 Å². The Morgan fingerprint density at radius 2 is 1.85 bits per heavy atom. The Labute approximate surface area is 122 Å². The number of nitrogens with one attached hydrogen (secondary N) is 1. The molecule has 6 nitrogen and oxygen atoms in total. The van der Waals surface area contributed by atoms with Crippen LogP contribution in [0.5, 0.6) is 6.01 Å². The van der Waals surface area contributed by atoms with Gasteiger partial charge in [-0.15, -0.1) is 0 Å². The molecule has 1 aromatic heterocycles. The van der Waals surface area contributed by atoms with Crippen molar-refractivity contribution < 1.29 is 4.74 Å². The highest BCUT2D eigenvalue weighted by atomic mass is 16.5. The van der Waals surface area contributed by atoms with Crippen molar-refractivity contribution in [2.75, 3.05) is 30.4 Å². The smallest absolute Gasteiger partial charge is 0.322 e. The molecule has 114 valence electrons. The van der Waals surface area contributed by atoms with E-state index < -0.39 is 0 Å². The van der Waals surface area contributed by atoms with Gasteiger partial charge in [0.25, 0.3) is 0 Å². The van der Waals surface area contributed by atoms with E-state index in [9.17, 15) is 0 Å². The first kappa shape index (κ1) is 16.5. The zero-order valence-corrected chi connectivity index (χ0v) is 13.5. The summed E-state index contributed by atoms with van der Waals surface area (Å²) in [6, 6.07) is 0.673. The van der Waals surface area contributed by atoms with Gasteiger partial charge in [0.05, 0.1) is 7.11 Å². The maximum atomic E-state index is 5.18. The number of methoxy groups -OCH3 is 1. The summed E-state index contributed by atoms with van der Waals surface area (Å²) in [5.41, 5.74) is 0. The molecule has 0 saturated heterocycles. The summed E-state index contributed by atoms with van der Waals surface area (Å²) in [7, 11) is 1.57. The van der Waals surface area contributed by atoms with Crippen molar-refractivity contribution >= 4 is 11.9 Å². The zero-order valence-electron chi connectivity index (χ0n) is 13.5. The highest BCUT2D eigenvalue weighted by molar-refractivity contribution is 5.39. The van der Waals surface area contributed by atoms with Crippen LogP contribution in [-0.2, 0) is 0 Å². The van der Waals surface area contributed by atoms with Crippen molar-refractivity contribution in [3.8, 4) is 6.01 Å². The van der Waals surface area contributed by atoms with Crippen molar-refractivity contribution in [1.29, 1.82) is 0 Å². The lowest BCUT2D eigenvalue weighted by Gasteiger charge is -2.28. The Morgan fingerprint density at radius 1 is 1.15 bits per heavy atom. The van der Waals surface area contributed by atoms with Crippen molar-refractivity contribution in [3.63, 3.8) is 0 Å². The first-order chi connectivity index (χ1) is 9.47. The summed E-state index contributed by atoms with van der Waals surface area (Å²) in [5.74, 6) is 1.77. The van der Waals surface area contributed by atoms with E-state index in [1.54, 1.807) is 7.11 Å². The first-order valence-corrected chi connectivity index (χ1v) is 7.28. The molecule has 0 unspecified atom stereocenters. The molecule has 1 aromatic rings. The van der Waals surface area contributed by atoms with Crippen LogP contribution in [0.4, 0.5) is 11.9 Å². The fourth-order valence-electron chi connectivity index (χ4n) is 1.80. The number of hydrogen-bond donors (Lipinski definition) is 1. The summed E-state index contributed by atoms with van der Waals surface area (Å²) in [6.45, 7) is 12.5.